The molecular formula is C22H24ClFN2O3. The van der Waals surface area contributed by atoms with E-state index in [0.717, 1.165) is 11.6 Å². The van der Waals surface area contributed by atoms with Crippen molar-refractivity contribution in [2.75, 3.05) is 6.54 Å². The first-order chi connectivity index (χ1) is 13.7. The van der Waals surface area contributed by atoms with Crippen LogP contribution in [0.1, 0.15) is 37.4 Å². The molecule has 3 rings (SSSR count). The normalized spacial score (nSPS) is 20.2. The smallest absolute Gasteiger partial charge is 0.265 e. The Morgan fingerprint density at radius 2 is 1.97 bits per heavy atom. The van der Waals surface area contributed by atoms with Crippen LogP contribution < -0.4 is 5.32 Å². The summed E-state index contributed by atoms with van der Waals surface area (Å²) >= 11 is 5.82. The van der Waals surface area contributed by atoms with Gasteiger partial charge in [-0.05, 0) is 35.2 Å². The van der Waals surface area contributed by atoms with Gasteiger partial charge in [-0.15, -0.1) is 0 Å². The molecule has 1 saturated heterocycles. The van der Waals surface area contributed by atoms with E-state index in [4.69, 9.17) is 11.6 Å². The van der Waals surface area contributed by atoms with Gasteiger partial charge in [-0.1, -0.05) is 55.8 Å². The third-order valence-electron chi connectivity index (χ3n) is 5.19. The van der Waals surface area contributed by atoms with Crippen molar-refractivity contribution < 1.29 is 19.1 Å². The van der Waals surface area contributed by atoms with Gasteiger partial charge in [0.25, 0.3) is 11.8 Å². The second kappa shape index (κ2) is 8.51. The van der Waals surface area contributed by atoms with Gasteiger partial charge in [-0.2, -0.15) is 0 Å². The summed E-state index contributed by atoms with van der Waals surface area (Å²) < 4.78 is 13.5. The summed E-state index contributed by atoms with van der Waals surface area (Å²) in [4.78, 5) is 27.3. The molecule has 0 saturated carbocycles. The number of benzene rings is 2. The number of hydrogen-bond acceptors (Lipinski definition) is 3. The number of nitrogens with zero attached hydrogens (tertiary/aromatic N) is 1. The second-order valence-corrected chi connectivity index (χ2v) is 8.11. The van der Waals surface area contributed by atoms with Gasteiger partial charge in [-0.25, -0.2) is 4.39 Å². The van der Waals surface area contributed by atoms with Crippen LogP contribution in [-0.4, -0.2) is 34.0 Å². The molecule has 0 radical (unpaired) electrons. The molecule has 2 amide bonds. The fourth-order valence-corrected chi connectivity index (χ4v) is 4.07. The van der Waals surface area contributed by atoms with Crippen LogP contribution >= 0.6 is 11.6 Å². The van der Waals surface area contributed by atoms with Crippen LogP contribution in [0.15, 0.2) is 48.5 Å². The number of carbonyl (C=O) groups excluding carboxylic acids is 2. The lowest BCUT2D eigenvalue weighted by Crippen LogP contribution is -2.52. The maximum atomic E-state index is 13.5. The van der Waals surface area contributed by atoms with Gasteiger partial charge in [0.2, 0.25) is 5.60 Å². The van der Waals surface area contributed by atoms with Crippen molar-refractivity contribution in [3.05, 3.63) is 70.5 Å². The number of nitrogens with one attached hydrogen (secondary N) is 1. The van der Waals surface area contributed by atoms with Crippen molar-refractivity contribution in [1.82, 2.24) is 10.2 Å². The van der Waals surface area contributed by atoms with Gasteiger partial charge < -0.3 is 15.3 Å². The summed E-state index contributed by atoms with van der Waals surface area (Å²) in [7, 11) is 0. The molecule has 1 heterocycles. The lowest BCUT2D eigenvalue weighted by atomic mass is 9.94. The lowest BCUT2D eigenvalue weighted by Gasteiger charge is -2.32. The molecule has 154 valence electrons. The topological polar surface area (TPSA) is 69.6 Å². The Balaban J connectivity index is 1.75. The monoisotopic (exact) mass is 418 g/mol. The maximum absolute atomic E-state index is 13.5. The standard InChI is InChI=1S/C22H24ClFN2O3/c1-14(2)19(16-6-4-3-5-7-16)26-9-8-22(29,21(26)28)20(27)25-13-15-10-17(23)12-18(24)11-15/h3-7,10-12,14,19,29H,8-9,13H2,1-2H3,(H,25,27)/t19-,22+/m0/s1. The average molecular weight is 419 g/mol. The first-order valence-corrected chi connectivity index (χ1v) is 9.92. The summed E-state index contributed by atoms with van der Waals surface area (Å²) in [5.41, 5.74) is -0.743. The van der Waals surface area contributed by atoms with E-state index in [9.17, 15) is 19.1 Å². The molecular weight excluding hydrogens is 395 g/mol. The summed E-state index contributed by atoms with van der Waals surface area (Å²) in [6.07, 6.45) is -0.00235. The van der Waals surface area contributed by atoms with Crippen molar-refractivity contribution >= 4 is 23.4 Å². The van der Waals surface area contributed by atoms with E-state index in [1.165, 1.54) is 12.1 Å². The molecule has 1 aliphatic rings. The number of halogens is 2. The summed E-state index contributed by atoms with van der Waals surface area (Å²) in [6.45, 7) is 4.22. The van der Waals surface area contributed by atoms with Crippen LogP contribution in [0.2, 0.25) is 5.02 Å². The van der Waals surface area contributed by atoms with E-state index in [0.29, 0.717) is 5.56 Å². The van der Waals surface area contributed by atoms with Crippen molar-refractivity contribution in [2.45, 2.75) is 38.5 Å². The molecule has 29 heavy (non-hydrogen) atoms. The number of rotatable bonds is 6. The molecule has 0 spiro atoms. The molecule has 0 aromatic heterocycles. The zero-order chi connectivity index (χ0) is 21.2. The van der Waals surface area contributed by atoms with Gasteiger partial charge in [0.15, 0.2) is 0 Å². The highest BCUT2D eigenvalue weighted by atomic mass is 35.5. The first-order valence-electron chi connectivity index (χ1n) is 9.54. The van der Waals surface area contributed by atoms with Gasteiger partial charge in [0.05, 0.1) is 6.04 Å². The Labute approximate surface area is 174 Å². The van der Waals surface area contributed by atoms with Crippen LogP contribution in [-0.2, 0) is 16.1 Å². The zero-order valence-electron chi connectivity index (χ0n) is 16.4. The van der Waals surface area contributed by atoms with Gasteiger partial charge in [0.1, 0.15) is 5.82 Å². The number of amides is 2. The molecule has 2 atom stereocenters. The molecule has 2 aromatic carbocycles. The summed E-state index contributed by atoms with van der Waals surface area (Å²) in [5, 5.41) is 13.6. The highest BCUT2D eigenvalue weighted by molar-refractivity contribution is 6.30. The van der Waals surface area contributed by atoms with E-state index < -0.39 is 23.2 Å². The SMILES string of the molecule is CC(C)[C@@H](c1ccccc1)N1CC[C@@](O)(C(=O)NCc2cc(F)cc(Cl)c2)C1=O. The molecule has 7 heteroatoms. The highest BCUT2D eigenvalue weighted by Gasteiger charge is 2.53. The fraction of sp³-hybridized carbons (Fsp3) is 0.364. The van der Waals surface area contributed by atoms with E-state index in [1.807, 2.05) is 44.2 Å². The predicted molar refractivity (Wildman–Crippen MR) is 109 cm³/mol. The number of carbonyl (C=O) groups is 2. The van der Waals surface area contributed by atoms with Crippen LogP contribution in [0.3, 0.4) is 0 Å². The summed E-state index contributed by atoms with van der Waals surface area (Å²) in [6, 6.07) is 13.2. The van der Waals surface area contributed by atoms with Crippen LogP contribution in [0.25, 0.3) is 0 Å². The average Bonchev–Trinajstić information content (AvgIpc) is 2.96. The minimum atomic E-state index is -2.14. The Bertz CT molecular complexity index is 886. The van der Waals surface area contributed by atoms with Crippen molar-refractivity contribution in [1.29, 1.82) is 0 Å². The summed E-state index contributed by atoms with van der Waals surface area (Å²) in [5.74, 6) is -1.83. The number of hydrogen-bond donors (Lipinski definition) is 2. The molecule has 2 N–H and O–H groups in total. The molecule has 1 aliphatic heterocycles. The molecule has 5 nitrogen and oxygen atoms in total. The van der Waals surface area contributed by atoms with E-state index in [2.05, 4.69) is 5.32 Å². The van der Waals surface area contributed by atoms with E-state index in [1.54, 1.807) is 4.90 Å². The number of likely N-dealkylation sites (tertiary alicyclic amines) is 1. The second-order valence-electron chi connectivity index (χ2n) is 7.67. The Hall–Kier alpha value is -2.44. The Morgan fingerprint density at radius 1 is 1.28 bits per heavy atom. The Morgan fingerprint density at radius 3 is 2.59 bits per heavy atom. The van der Waals surface area contributed by atoms with Gasteiger partial charge in [-0.3, -0.25) is 9.59 Å². The zero-order valence-corrected chi connectivity index (χ0v) is 17.1. The van der Waals surface area contributed by atoms with Crippen molar-refractivity contribution in [3.8, 4) is 0 Å². The third kappa shape index (κ3) is 4.43. The van der Waals surface area contributed by atoms with Gasteiger partial charge >= 0.3 is 0 Å². The fourth-order valence-electron chi connectivity index (χ4n) is 3.82. The van der Waals surface area contributed by atoms with Crippen LogP contribution in [0.4, 0.5) is 4.39 Å². The van der Waals surface area contributed by atoms with Crippen LogP contribution in [0.5, 0.6) is 0 Å². The quantitative estimate of drug-likeness (QED) is 0.706. The largest absolute Gasteiger partial charge is 0.372 e. The van der Waals surface area contributed by atoms with E-state index >= 15 is 0 Å². The molecule has 0 aliphatic carbocycles. The molecule has 0 bridgehead atoms. The van der Waals surface area contributed by atoms with E-state index in [-0.39, 0.29) is 36.5 Å². The van der Waals surface area contributed by atoms with Crippen molar-refractivity contribution in [2.24, 2.45) is 5.92 Å². The van der Waals surface area contributed by atoms with Crippen molar-refractivity contribution in [3.63, 3.8) is 0 Å². The van der Waals surface area contributed by atoms with Crippen LogP contribution in [0, 0.1) is 11.7 Å². The molecule has 2 aromatic rings. The Kier molecular flexibility index (Phi) is 6.24. The minimum absolute atomic E-state index is 0.00235. The predicted octanol–water partition coefficient (Wildman–Crippen LogP) is 3.46. The maximum Gasteiger partial charge on any atom is 0.265 e. The van der Waals surface area contributed by atoms with Gasteiger partial charge in [0, 0.05) is 24.5 Å². The molecule has 0 unspecified atom stereocenters. The minimum Gasteiger partial charge on any atom is -0.372 e. The third-order valence-corrected chi connectivity index (χ3v) is 5.41. The molecule has 1 fully saturated rings. The first kappa shape index (κ1) is 21.3. The lowest BCUT2D eigenvalue weighted by molar-refractivity contribution is -0.156. The number of aliphatic hydroxyl groups is 1. The highest BCUT2D eigenvalue weighted by Crippen LogP contribution is 2.35.